The average Bonchev–Trinajstić information content (AvgIpc) is 3.53. The number of hydrogen-bond donors (Lipinski definition) is 0. The van der Waals surface area contributed by atoms with Gasteiger partial charge in [-0.3, -0.25) is 0 Å². The normalized spacial score (nSPS) is 10.9. The first-order chi connectivity index (χ1) is 23.2. The number of rotatable bonds is 5. The monoisotopic (exact) mass is 598 g/mol. The van der Waals surface area contributed by atoms with Crippen LogP contribution in [0.4, 0.5) is 0 Å². The molecule has 0 radical (unpaired) electrons. The zero-order valence-corrected chi connectivity index (χ0v) is 25.3. The van der Waals surface area contributed by atoms with Crippen molar-refractivity contribution in [1.82, 2.24) is 0 Å². The van der Waals surface area contributed by atoms with Gasteiger partial charge < -0.3 is 4.42 Å². The Hall–Kier alpha value is -6.68. The molecular weight excluding hydrogens is 572 g/mol. The summed E-state index contributed by atoms with van der Waals surface area (Å²) >= 11 is 0. The van der Waals surface area contributed by atoms with E-state index in [1.807, 2.05) is 78.9 Å². The number of fused-ring (bicyclic) bond motifs is 3. The molecule has 47 heavy (non-hydrogen) atoms. The van der Waals surface area contributed by atoms with Crippen LogP contribution in [0, 0.1) is 22.7 Å². The van der Waals surface area contributed by atoms with Gasteiger partial charge in [0.25, 0.3) is 0 Å². The van der Waals surface area contributed by atoms with Gasteiger partial charge in [0.15, 0.2) is 0 Å². The molecule has 8 aromatic rings. The highest BCUT2D eigenvalue weighted by Crippen LogP contribution is 2.41. The van der Waals surface area contributed by atoms with Crippen LogP contribution in [0.3, 0.4) is 0 Å². The van der Waals surface area contributed by atoms with Gasteiger partial charge >= 0.3 is 0 Å². The lowest BCUT2D eigenvalue weighted by atomic mass is 9.87. The zero-order valence-electron chi connectivity index (χ0n) is 25.3. The number of furan rings is 1. The third kappa shape index (κ3) is 5.03. The molecule has 218 valence electrons. The minimum absolute atomic E-state index is 0.626. The third-order valence-corrected chi connectivity index (χ3v) is 8.79. The first-order valence-electron chi connectivity index (χ1n) is 15.5. The smallest absolute Gasteiger partial charge is 0.136 e. The predicted octanol–water partition coefficient (Wildman–Crippen LogP) is 11.7. The van der Waals surface area contributed by atoms with Crippen LogP contribution in [0.2, 0.25) is 0 Å². The van der Waals surface area contributed by atoms with E-state index in [1.165, 1.54) is 0 Å². The van der Waals surface area contributed by atoms with Crippen LogP contribution in [0.1, 0.15) is 11.1 Å². The number of hydrogen-bond acceptors (Lipinski definition) is 3. The van der Waals surface area contributed by atoms with Crippen molar-refractivity contribution in [3.63, 3.8) is 0 Å². The predicted molar refractivity (Wildman–Crippen MR) is 190 cm³/mol. The molecule has 0 bridgehead atoms. The third-order valence-electron chi connectivity index (χ3n) is 8.79. The van der Waals surface area contributed by atoms with E-state index in [2.05, 4.69) is 91.0 Å². The summed E-state index contributed by atoms with van der Waals surface area (Å²) in [6.45, 7) is 0. The van der Waals surface area contributed by atoms with Gasteiger partial charge in [-0.15, -0.1) is 0 Å². The molecule has 1 aromatic heterocycles. The van der Waals surface area contributed by atoms with Crippen molar-refractivity contribution in [2.24, 2.45) is 0 Å². The highest BCUT2D eigenvalue weighted by atomic mass is 16.3. The molecule has 0 unspecified atom stereocenters. The summed E-state index contributed by atoms with van der Waals surface area (Å²) in [5.74, 6) is 0. The van der Waals surface area contributed by atoms with Crippen LogP contribution >= 0.6 is 0 Å². The van der Waals surface area contributed by atoms with E-state index in [1.54, 1.807) is 0 Å². The highest BCUT2D eigenvalue weighted by Gasteiger charge is 2.18. The first-order valence-corrected chi connectivity index (χ1v) is 15.5. The van der Waals surface area contributed by atoms with Crippen molar-refractivity contribution < 1.29 is 4.42 Å². The molecule has 0 amide bonds. The summed E-state index contributed by atoms with van der Waals surface area (Å²) in [4.78, 5) is 0. The Labute approximate surface area is 272 Å². The van der Waals surface area contributed by atoms with E-state index >= 15 is 0 Å². The molecular formula is C44H26N2O. The van der Waals surface area contributed by atoms with Gasteiger partial charge in [0.05, 0.1) is 17.2 Å². The van der Waals surface area contributed by atoms with Crippen LogP contribution in [-0.2, 0) is 0 Å². The molecule has 3 heteroatoms. The topological polar surface area (TPSA) is 60.7 Å². The molecule has 0 N–H and O–H groups in total. The van der Waals surface area contributed by atoms with Crippen molar-refractivity contribution in [1.29, 1.82) is 10.5 Å². The van der Waals surface area contributed by atoms with E-state index in [0.29, 0.717) is 11.1 Å². The lowest BCUT2D eigenvalue weighted by molar-refractivity contribution is 0.669. The number of nitriles is 2. The molecule has 0 saturated heterocycles. The van der Waals surface area contributed by atoms with Gasteiger partial charge in [0, 0.05) is 21.9 Å². The SMILES string of the molecule is N#Cc1ccc(-c2cccc3oc4ccc(-c5cc(-c6ccccc6)c(C#N)c(-c6ccc(-c7ccccc7)cc6)c5)cc4c23)cc1. The van der Waals surface area contributed by atoms with E-state index in [9.17, 15) is 10.5 Å². The molecule has 0 aliphatic carbocycles. The number of benzene rings is 7. The lowest BCUT2D eigenvalue weighted by Crippen LogP contribution is -1.93. The second kappa shape index (κ2) is 11.7. The molecule has 3 nitrogen and oxygen atoms in total. The molecule has 0 saturated carbocycles. The summed E-state index contributed by atoms with van der Waals surface area (Å²) in [6, 6.07) is 57.9. The van der Waals surface area contributed by atoms with E-state index < -0.39 is 0 Å². The van der Waals surface area contributed by atoms with Crippen molar-refractivity contribution in [3.05, 3.63) is 169 Å². The minimum atomic E-state index is 0.626. The Morgan fingerprint density at radius 1 is 0.383 bits per heavy atom. The fraction of sp³-hybridized carbons (Fsp3) is 0. The summed E-state index contributed by atoms with van der Waals surface area (Å²) < 4.78 is 6.33. The molecule has 1 heterocycles. The van der Waals surface area contributed by atoms with Crippen LogP contribution in [0.25, 0.3) is 77.6 Å². The molecule has 0 spiro atoms. The van der Waals surface area contributed by atoms with Crippen LogP contribution in [-0.4, -0.2) is 0 Å². The maximum atomic E-state index is 10.5. The van der Waals surface area contributed by atoms with Gasteiger partial charge in [-0.05, 0) is 87.0 Å². The zero-order chi connectivity index (χ0) is 31.7. The largest absolute Gasteiger partial charge is 0.456 e. The first kappa shape index (κ1) is 27.8. The van der Waals surface area contributed by atoms with E-state index in [0.717, 1.165) is 77.6 Å². The van der Waals surface area contributed by atoms with Crippen molar-refractivity contribution >= 4 is 21.9 Å². The molecule has 7 aromatic carbocycles. The highest BCUT2D eigenvalue weighted by molar-refractivity contribution is 6.13. The molecule has 0 aliphatic rings. The second-order valence-corrected chi connectivity index (χ2v) is 11.5. The Balaban J connectivity index is 1.32. The van der Waals surface area contributed by atoms with Crippen LogP contribution in [0.5, 0.6) is 0 Å². The fourth-order valence-corrected chi connectivity index (χ4v) is 6.45. The minimum Gasteiger partial charge on any atom is -0.456 e. The number of nitrogens with zero attached hydrogens (tertiary/aromatic N) is 2. The quantitative estimate of drug-likeness (QED) is 0.198. The molecule has 8 rings (SSSR count). The van der Waals surface area contributed by atoms with E-state index in [-0.39, 0.29) is 0 Å². The maximum absolute atomic E-state index is 10.5. The van der Waals surface area contributed by atoms with Gasteiger partial charge in [-0.1, -0.05) is 115 Å². The van der Waals surface area contributed by atoms with E-state index in [4.69, 9.17) is 4.42 Å². The van der Waals surface area contributed by atoms with Gasteiger partial charge in [0.1, 0.15) is 17.2 Å². The maximum Gasteiger partial charge on any atom is 0.136 e. The van der Waals surface area contributed by atoms with Crippen LogP contribution < -0.4 is 0 Å². The summed E-state index contributed by atoms with van der Waals surface area (Å²) in [5.41, 5.74) is 13.0. The molecule has 0 atom stereocenters. The Morgan fingerprint density at radius 3 is 1.60 bits per heavy atom. The van der Waals surface area contributed by atoms with Gasteiger partial charge in [-0.2, -0.15) is 10.5 Å². The summed E-state index contributed by atoms with van der Waals surface area (Å²) in [6.07, 6.45) is 0. The second-order valence-electron chi connectivity index (χ2n) is 11.5. The van der Waals surface area contributed by atoms with Crippen LogP contribution in [0.15, 0.2) is 162 Å². The van der Waals surface area contributed by atoms with Crippen molar-refractivity contribution in [2.75, 3.05) is 0 Å². The summed E-state index contributed by atoms with van der Waals surface area (Å²) in [7, 11) is 0. The summed E-state index contributed by atoms with van der Waals surface area (Å²) in [5, 5.41) is 21.9. The molecule has 0 aliphatic heterocycles. The Bertz CT molecular complexity index is 2500. The lowest BCUT2D eigenvalue weighted by Gasteiger charge is -2.15. The van der Waals surface area contributed by atoms with Crippen molar-refractivity contribution in [2.45, 2.75) is 0 Å². The van der Waals surface area contributed by atoms with Crippen molar-refractivity contribution in [3.8, 4) is 67.8 Å². The van der Waals surface area contributed by atoms with Gasteiger partial charge in [0.2, 0.25) is 0 Å². The Kier molecular flexibility index (Phi) is 6.92. The fourth-order valence-electron chi connectivity index (χ4n) is 6.45. The molecule has 0 fully saturated rings. The Morgan fingerprint density at radius 2 is 0.936 bits per heavy atom. The standard InChI is InChI=1S/C44H26N2O/c45-27-29-14-16-33(17-15-29)37-12-7-13-43-44(37)40-24-35(22-23-42(40)47-43)36-25-38(32-10-5-2-6-11-32)41(28-46)39(26-36)34-20-18-31(19-21-34)30-8-3-1-4-9-30/h1-26H. The van der Waals surface area contributed by atoms with Gasteiger partial charge in [-0.25, -0.2) is 0 Å². The average molecular weight is 599 g/mol.